The summed E-state index contributed by atoms with van der Waals surface area (Å²) >= 11 is 8.68. The number of thiol groups is 2. The molecule has 2 unspecified atom stereocenters. The smallest absolute Gasteiger partial charge is 0.319 e. The van der Waals surface area contributed by atoms with Gasteiger partial charge in [0.15, 0.2) is 0 Å². The number of carbonyl (C=O) groups is 4. The molecule has 0 aliphatic carbocycles. The van der Waals surface area contributed by atoms with E-state index in [4.69, 9.17) is 9.47 Å². The summed E-state index contributed by atoms with van der Waals surface area (Å²) in [6, 6.07) is 0. The van der Waals surface area contributed by atoms with Crippen molar-refractivity contribution in [2.75, 3.05) is 13.2 Å². The van der Waals surface area contributed by atoms with Gasteiger partial charge in [-0.15, -0.1) is 0 Å². The second-order valence-electron chi connectivity index (χ2n) is 11.2. The zero-order valence-electron chi connectivity index (χ0n) is 27.1. The lowest BCUT2D eigenvalue weighted by Crippen LogP contribution is -2.44. The van der Waals surface area contributed by atoms with Crippen LogP contribution < -0.4 is 0 Å². The minimum Gasteiger partial charge on any atom is -0.481 e. The average Bonchev–Trinajstić information content (AvgIpc) is 2.97. The van der Waals surface area contributed by atoms with Crippen LogP contribution in [-0.2, 0) is 28.7 Å². The lowest BCUT2D eigenvalue weighted by atomic mass is 9.75. The third-order valence-electron chi connectivity index (χ3n) is 7.74. The van der Waals surface area contributed by atoms with Gasteiger partial charge in [0.2, 0.25) is 0 Å². The van der Waals surface area contributed by atoms with E-state index in [-0.39, 0.29) is 0 Å². The van der Waals surface area contributed by atoms with Gasteiger partial charge in [0.1, 0.15) is 10.5 Å². The SMILES string of the molecule is CCCCOC(=O)C(S)C(CCCC)(CCCC)C(=O)O.CCCCOC(=O)C(S)C(CCCC)(CCCC)C(=O)O. The lowest BCUT2D eigenvalue weighted by molar-refractivity contribution is -0.158. The van der Waals surface area contributed by atoms with Crippen molar-refractivity contribution in [3.8, 4) is 0 Å². The molecule has 0 bridgehead atoms. The maximum Gasteiger partial charge on any atom is 0.319 e. The number of carboxylic acids is 2. The first-order valence-corrected chi connectivity index (χ1v) is 17.1. The third kappa shape index (κ3) is 14.8. The number of hydrogen-bond acceptors (Lipinski definition) is 8. The van der Waals surface area contributed by atoms with Crippen LogP contribution in [0.5, 0.6) is 0 Å². The molecule has 248 valence electrons. The van der Waals surface area contributed by atoms with Crippen LogP contribution in [0.15, 0.2) is 0 Å². The number of aliphatic carboxylic acids is 2. The van der Waals surface area contributed by atoms with Crippen molar-refractivity contribution in [2.45, 2.75) is 155 Å². The molecule has 8 nitrogen and oxygen atoms in total. The molecule has 0 rings (SSSR count). The second kappa shape index (κ2) is 25.0. The van der Waals surface area contributed by atoms with Crippen molar-refractivity contribution in [1.29, 1.82) is 0 Å². The molecule has 0 saturated heterocycles. The Hall–Kier alpha value is -1.42. The first-order valence-electron chi connectivity index (χ1n) is 16.1. The Morgan fingerprint density at radius 3 is 0.952 bits per heavy atom. The molecule has 10 heteroatoms. The highest BCUT2D eigenvalue weighted by atomic mass is 32.1. The highest BCUT2D eigenvalue weighted by Crippen LogP contribution is 2.40. The number of esters is 2. The van der Waals surface area contributed by atoms with Gasteiger partial charge in [0.05, 0.1) is 24.0 Å². The van der Waals surface area contributed by atoms with Gasteiger partial charge in [-0.25, -0.2) is 0 Å². The van der Waals surface area contributed by atoms with Crippen LogP contribution in [0.4, 0.5) is 0 Å². The van der Waals surface area contributed by atoms with Gasteiger partial charge >= 0.3 is 23.9 Å². The number of ether oxygens (including phenoxy) is 2. The highest BCUT2D eigenvalue weighted by molar-refractivity contribution is 7.82. The molecule has 0 aromatic carbocycles. The van der Waals surface area contributed by atoms with E-state index in [1.54, 1.807) is 0 Å². The van der Waals surface area contributed by atoms with Crippen LogP contribution in [-0.4, -0.2) is 57.8 Å². The molecule has 0 aromatic heterocycles. The Kier molecular flexibility index (Phi) is 25.4. The molecule has 0 radical (unpaired) electrons. The number of hydrogen-bond donors (Lipinski definition) is 4. The van der Waals surface area contributed by atoms with Crippen molar-refractivity contribution in [1.82, 2.24) is 0 Å². The lowest BCUT2D eigenvalue weighted by Gasteiger charge is -2.33. The summed E-state index contributed by atoms with van der Waals surface area (Å²) in [5.41, 5.74) is -2.23. The Morgan fingerprint density at radius 1 is 0.524 bits per heavy atom. The van der Waals surface area contributed by atoms with E-state index >= 15 is 0 Å². The van der Waals surface area contributed by atoms with E-state index in [0.29, 0.717) is 38.9 Å². The standard InChI is InChI=1S/2C16H30O4S/c2*1-4-7-10-16(15(18)19,11-8-5-2)13(21)14(17)20-12-9-6-3/h2*13,21H,4-12H2,1-3H3,(H,18,19). The zero-order chi connectivity index (χ0) is 32.6. The van der Waals surface area contributed by atoms with E-state index in [2.05, 4.69) is 25.3 Å². The normalized spacial score (nSPS) is 13.0. The van der Waals surface area contributed by atoms with E-state index < -0.39 is 45.2 Å². The zero-order valence-corrected chi connectivity index (χ0v) is 28.9. The highest BCUT2D eigenvalue weighted by Gasteiger charge is 2.48. The Labute approximate surface area is 266 Å². The van der Waals surface area contributed by atoms with Gasteiger partial charge in [-0.1, -0.05) is 106 Å². The molecule has 0 fully saturated rings. The summed E-state index contributed by atoms with van der Waals surface area (Å²) in [6.45, 7) is 12.7. The van der Waals surface area contributed by atoms with Crippen molar-refractivity contribution in [2.24, 2.45) is 10.8 Å². The summed E-state index contributed by atoms with van der Waals surface area (Å²) < 4.78 is 10.4. The molecular weight excluding hydrogens is 576 g/mol. The number of unbranched alkanes of at least 4 members (excludes halogenated alkanes) is 6. The van der Waals surface area contributed by atoms with Crippen LogP contribution in [0.1, 0.15) is 144 Å². The van der Waals surface area contributed by atoms with E-state index in [9.17, 15) is 29.4 Å². The third-order valence-corrected chi connectivity index (χ3v) is 9.15. The topological polar surface area (TPSA) is 127 Å². The average molecular weight is 637 g/mol. The molecule has 2 N–H and O–H groups in total. The predicted octanol–water partition coefficient (Wildman–Crippen LogP) is 8.16. The minimum absolute atomic E-state index is 0.337. The Bertz CT molecular complexity index is 681. The Balaban J connectivity index is 0. The van der Waals surface area contributed by atoms with E-state index in [1.807, 2.05) is 41.5 Å². The van der Waals surface area contributed by atoms with Gasteiger partial charge in [0, 0.05) is 0 Å². The monoisotopic (exact) mass is 636 g/mol. The molecular formula is C32H60O8S2. The maximum atomic E-state index is 12.1. The summed E-state index contributed by atoms with van der Waals surface area (Å²) in [5.74, 6) is -2.86. The minimum atomic E-state index is -1.11. The molecule has 0 heterocycles. The molecule has 42 heavy (non-hydrogen) atoms. The van der Waals surface area contributed by atoms with E-state index in [1.165, 1.54) is 0 Å². The molecule has 0 amide bonds. The molecule has 0 aromatic rings. The first kappa shape index (κ1) is 42.7. The van der Waals surface area contributed by atoms with Crippen LogP contribution >= 0.6 is 25.3 Å². The number of carbonyl (C=O) groups excluding carboxylic acids is 2. The molecule has 0 saturated carbocycles. The quantitative estimate of drug-likeness (QED) is 0.0475. The summed E-state index contributed by atoms with van der Waals surface area (Å²) in [5, 5.41) is 17.6. The number of carboxylic acid groups (broad SMARTS) is 2. The van der Waals surface area contributed by atoms with Crippen molar-refractivity contribution < 1.29 is 38.9 Å². The summed E-state index contributed by atoms with van der Waals surface area (Å²) in [7, 11) is 0. The first-order chi connectivity index (χ1) is 19.9. The fourth-order valence-corrected chi connectivity index (χ4v) is 5.56. The van der Waals surface area contributed by atoms with Crippen LogP contribution in [0.2, 0.25) is 0 Å². The largest absolute Gasteiger partial charge is 0.481 e. The van der Waals surface area contributed by atoms with Crippen molar-refractivity contribution in [3.63, 3.8) is 0 Å². The summed E-state index contributed by atoms with van der Waals surface area (Å²) in [4.78, 5) is 48.0. The van der Waals surface area contributed by atoms with Crippen molar-refractivity contribution in [3.05, 3.63) is 0 Å². The molecule has 2 atom stereocenters. The van der Waals surface area contributed by atoms with Gasteiger partial charge in [-0.05, 0) is 38.5 Å². The van der Waals surface area contributed by atoms with Crippen LogP contribution in [0.25, 0.3) is 0 Å². The van der Waals surface area contributed by atoms with Crippen molar-refractivity contribution >= 4 is 49.1 Å². The summed E-state index contributed by atoms with van der Waals surface area (Å²) in [6.07, 6.45) is 12.0. The van der Waals surface area contributed by atoms with Gasteiger partial charge in [-0.3, -0.25) is 19.2 Å². The molecule has 0 spiro atoms. The Morgan fingerprint density at radius 2 is 0.762 bits per heavy atom. The second-order valence-corrected chi connectivity index (χ2v) is 12.2. The maximum absolute atomic E-state index is 12.1. The fourth-order valence-electron chi connectivity index (χ4n) is 4.67. The number of rotatable bonds is 24. The predicted molar refractivity (Wildman–Crippen MR) is 176 cm³/mol. The van der Waals surface area contributed by atoms with Gasteiger partial charge in [-0.2, -0.15) is 25.3 Å². The van der Waals surface area contributed by atoms with E-state index in [0.717, 1.165) is 77.0 Å². The van der Waals surface area contributed by atoms with Gasteiger partial charge in [0.25, 0.3) is 0 Å². The van der Waals surface area contributed by atoms with Crippen LogP contribution in [0.3, 0.4) is 0 Å². The van der Waals surface area contributed by atoms with Gasteiger partial charge < -0.3 is 19.7 Å². The fraction of sp³-hybridized carbons (Fsp3) is 0.875. The molecule has 0 aliphatic rings. The van der Waals surface area contributed by atoms with Crippen LogP contribution in [0, 0.1) is 10.8 Å². The molecule has 0 aliphatic heterocycles.